The molecule has 2 saturated heterocycles. The van der Waals surface area contributed by atoms with Crippen LogP contribution in [0, 0.1) is 6.92 Å². The topological polar surface area (TPSA) is 19.0 Å². The Kier molecular flexibility index (Phi) is 8.44. The van der Waals surface area contributed by atoms with Crippen LogP contribution in [-0.4, -0.2) is 71.9 Å². The van der Waals surface area contributed by atoms with Crippen LogP contribution in [0.3, 0.4) is 0 Å². The number of rotatable bonds is 7. The summed E-state index contributed by atoms with van der Waals surface area (Å²) in [4.78, 5) is 5.99. The van der Waals surface area contributed by atoms with Gasteiger partial charge in [-0.3, -0.25) is 9.80 Å². The van der Waals surface area contributed by atoms with Crippen molar-refractivity contribution in [2.45, 2.75) is 70.7 Å². The third-order valence-corrected chi connectivity index (χ3v) is 6.84. The molecule has 2 heterocycles. The van der Waals surface area contributed by atoms with Gasteiger partial charge in [-0.1, -0.05) is 24.6 Å². The SMILES string of the molecule is C=C(OC(C(F)(F)F)C(F)(F)F)N1CCN(Cc2cccc(CN3CCCCC3C)c2C)CC1. The summed E-state index contributed by atoms with van der Waals surface area (Å²) in [5, 5.41) is 0. The summed E-state index contributed by atoms with van der Waals surface area (Å²) in [5.74, 6) is -0.604. The first-order valence-corrected chi connectivity index (χ1v) is 11.6. The molecular formula is C24H33F6N3O. The second-order valence-corrected chi connectivity index (χ2v) is 9.25. The highest BCUT2D eigenvalue weighted by Gasteiger charge is 2.59. The van der Waals surface area contributed by atoms with Crippen molar-refractivity contribution in [3.63, 3.8) is 0 Å². The van der Waals surface area contributed by atoms with E-state index in [4.69, 9.17) is 0 Å². The maximum atomic E-state index is 12.8. The average Bonchev–Trinajstić information content (AvgIpc) is 2.75. The number of alkyl halides is 6. The van der Waals surface area contributed by atoms with Gasteiger partial charge in [0.1, 0.15) is 0 Å². The van der Waals surface area contributed by atoms with Crippen molar-refractivity contribution in [1.82, 2.24) is 14.7 Å². The fourth-order valence-corrected chi connectivity index (χ4v) is 4.62. The molecule has 1 atom stereocenters. The van der Waals surface area contributed by atoms with Crippen molar-refractivity contribution in [2.75, 3.05) is 32.7 Å². The zero-order valence-electron chi connectivity index (χ0n) is 19.7. The predicted octanol–water partition coefficient (Wildman–Crippen LogP) is 5.47. The molecule has 1 aromatic carbocycles. The lowest BCUT2D eigenvalue weighted by Gasteiger charge is -2.38. The molecule has 0 N–H and O–H groups in total. The van der Waals surface area contributed by atoms with Crippen molar-refractivity contribution in [2.24, 2.45) is 0 Å². The van der Waals surface area contributed by atoms with E-state index >= 15 is 0 Å². The van der Waals surface area contributed by atoms with Crippen LogP contribution >= 0.6 is 0 Å². The smallest absolute Gasteiger partial charge is 0.434 e. The summed E-state index contributed by atoms with van der Waals surface area (Å²) < 4.78 is 80.9. The first-order chi connectivity index (χ1) is 15.9. The molecule has 34 heavy (non-hydrogen) atoms. The van der Waals surface area contributed by atoms with Gasteiger partial charge in [-0.05, 0) is 56.5 Å². The fraction of sp³-hybridized carbons (Fsp3) is 0.667. The van der Waals surface area contributed by atoms with Gasteiger partial charge in [0.15, 0.2) is 5.88 Å². The number of benzene rings is 1. The summed E-state index contributed by atoms with van der Waals surface area (Å²) in [5.41, 5.74) is 3.70. The van der Waals surface area contributed by atoms with Gasteiger partial charge in [0.2, 0.25) is 0 Å². The van der Waals surface area contributed by atoms with Crippen LogP contribution in [-0.2, 0) is 17.8 Å². The van der Waals surface area contributed by atoms with Gasteiger partial charge >= 0.3 is 12.4 Å². The van der Waals surface area contributed by atoms with E-state index in [-0.39, 0.29) is 13.1 Å². The molecule has 1 aromatic rings. The Morgan fingerprint density at radius 2 is 1.56 bits per heavy atom. The Labute approximate surface area is 197 Å². The number of ether oxygens (including phenoxy) is 1. The minimum Gasteiger partial charge on any atom is -0.457 e. The Morgan fingerprint density at radius 3 is 2.12 bits per heavy atom. The minimum absolute atomic E-state index is 0.241. The Morgan fingerprint density at radius 1 is 0.971 bits per heavy atom. The van der Waals surface area contributed by atoms with Gasteiger partial charge in [-0.25, -0.2) is 0 Å². The first-order valence-electron chi connectivity index (χ1n) is 11.6. The molecule has 3 rings (SSSR count). The summed E-state index contributed by atoms with van der Waals surface area (Å²) in [6, 6.07) is 6.84. The van der Waals surface area contributed by atoms with Gasteiger partial charge in [0.05, 0.1) is 0 Å². The molecule has 2 aliphatic heterocycles. The number of halogens is 6. The van der Waals surface area contributed by atoms with E-state index in [0.29, 0.717) is 25.7 Å². The number of hydrogen-bond donors (Lipinski definition) is 0. The molecule has 2 fully saturated rings. The van der Waals surface area contributed by atoms with Crippen molar-refractivity contribution >= 4 is 0 Å². The summed E-state index contributed by atoms with van der Waals surface area (Å²) >= 11 is 0. The molecule has 0 saturated carbocycles. The van der Waals surface area contributed by atoms with E-state index in [1.54, 1.807) is 0 Å². The van der Waals surface area contributed by atoms with E-state index in [2.05, 4.69) is 47.1 Å². The monoisotopic (exact) mass is 493 g/mol. The van der Waals surface area contributed by atoms with Crippen LogP contribution in [0.25, 0.3) is 0 Å². The van der Waals surface area contributed by atoms with Crippen LogP contribution < -0.4 is 0 Å². The average molecular weight is 494 g/mol. The molecule has 10 heteroatoms. The second kappa shape index (κ2) is 10.8. The van der Waals surface area contributed by atoms with Gasteiger partial charge < -0.3 is 9.64 Å². The van der Waals surface area contributed by atoms with E-state index in [1.165, 1.54) is 40.9 Å². The largest absolute Gasteiger partial charge is 0.457 e. The van der Waals surface area contributed by atoms with Crippen LogP contribution in [0.2, 0.25) is 0 Å². The molecular weight excluding hydrogens is 460 g/mol. The molecule has 0 bridgehead atoms. The summed E-state index contributed by atoms with van der Waals surface area (Å²) in [6.45, 7) is 11.8. The molecule has 2 aliphatic rings. The molecule has 192 valence electrons. The number of nitrogens with zero attached hydrogens (tertiary/aromatic N) is 3. The molecule has 4 nitrogen and oxygen atoms in total. The minimum atomic E-state index is -5.56. The predicted molar refractivity (Wildman–Crippen MR) is 118 cm³/mol. The third kappa shape index (κ3) is 6.81. The lowest BCUT2D eigenvalue weighted by atomic mass is 9.98. The Bertz CT molecular complexity index is 819. The van der Waals surface area contributed by atoms with Crippen LogP contribution in [0.5, 0.6) is 0 Å². The fourth-order valence-electron chi connectivity index (χ4n) is 4.62. The highest BCUT2D eigenvalue weighted by molar-refractivity contribution is 5.34. The molecule has 0 aromatic heterocycles. The zero-order valence-corrected chi connectivity index (χ0v) is 19.7. The molecule has 0 spiro atoms. The number of piperazine rings is 1. The van der Waals surface area contributed by atoms with E-state index < -0.39 is 24.3 Å². The van der Waals surface area contributed by atoms with Gasteiger partial charge in [-0.15, -0.1) is 0 Å². The van der Waals surface area contributed by atoms with Gasteiger partial charge in [0.25, 0.3) is 6.10 Å². The van der Waals surface area contributed by atoms with Crippen LogP contribution in [0.15, 0.2) is 30.7 Å². The Hall–Kier alpha value is -1.94. The summed E-state index contributed by atoms with van der Waals surface area (Å²) in [7, 11) is 0. The number of likely N-dealkylation sites (tertiary alicyclic amines) is 1. The van der Waals surface area contributed by atoms with Crippen LogP contribution in [0.4, 0.5) is 26.3 Å². The van der Waals surface area contributed by atoms with Crippen molar-refractivity contribution < 1.29 is 31.1 Å². The van der Waals surface area contributed by atoms with Crippen molar-refractivity contribution in [3.8, 4) is 0 Å². The maximum Gasteiger partial charge on any atom is 0.434 e. The quantitative estimate of drug-likeness (QED) is 0.371. The molecule has 0 aliphatic carbocycles. The summed E-state index contributed by atoms with van der Waals surface area (Å²) in [6.07, 6.45) is -11.3. The van der Waals surface area contributed by atoms with E-state index in [9.17, 15) is 26.3 Å². The van der Waals surface area contributed by atoms with Crippen molar-refractivity contribution in [3.05, 3.63) is 47.4 Å². The first kappa shape index (κ1) is 26.7. The highest BCUT2D eigenvalue weighted by Crippen LogP contribution is 2.37. The van der Waals surface area contributed by atoms with E-state index in [0.717, 1.165) is 13.1 Å². The van der Waals surface area contributed by atoms with E-state index in [1.807, 2.05) is 6.07 Å². The van der Waals surface area contributed by atoms with Gasteiger partial charge in [0, 0.05) is 45.3 Å². The molecule has 1 unspecified atom stereocenters. The zero-order chi connectivity index (χ0) is 25.1. The standard InChI is InChI=1S/C24H33F6N3O/c1-17-7-4-5-10-33(17)16-21-9-6-8-20(18(21)2)15-31-11-13-32(14-12-31)19(3)34-22(23(25,26)27)24(28,29)30/h6,8-9,17,22H,3-5,7,10-16H2,1-2H3. The van der Waals surface area contributed by atoms with Gasteiger partial charge in [-0.2, -0.15) is 26.3 Å². The van der Waals surface area contributed by atoms with Crippen LogP contribution in [0.1, 0.15) is 42.9 Å². The highest BCUT2D eigenvalue weighted by atomic mass is 19.4. The normalized spacial score (nSPS) is 21.2. The second-order valence-electron chi connectivity index (χ2n) is 9.25. The molecule has 0 radical (unpaired) electrons. The van der Waals surface area contributed by atoms with Crippen molar-refractivity contribution in [1.29, 1.82) is 0 Å². The third-order valence-electron chi connectivity index (χ3n) is 6.84. The lowest BCUT2D eigenvalue weighted by molar-refractivity contribution is -0.317. The lowest BCUT2D eigenvalue weighted by Crippen LogP contribution is -2.49. The molecule has 0 amide bonds. The Balaban J connectivity index is 1.55. The number of hydrogen-bond acceptors (Lipinski definition) is 4. The number of piperidine rings is 1. The maximum absolute atomic E-state index is 12.8.